The Hall–Kier alpha value is -1.72. The number of aromatic nitrogens is 3. The van der Waals surface area contributed by atoms with Gasteiger partial charge in [-0.05, 0) is 48.4 Å². The van der Waals surface area contributed by atoms with Crippen molar-refractivity contribution in [1.29, 1.82) is 0 Å². The van der Waals surface area contributed by atoms with Gasteiger partial charge in [-0.15, -0.1) is 0 Å². The third-order valence-corrected chi connectivity index (χ3v) is 5.29. The van der Waals surface area contributed by atoms with Gasteiger partial charge < -0.3 is 4.74 Å². The van der Waals surface area contributed by atoms with Gasteiger partial charge in [-0.1, -0.05) is 35.0 Å². The molecule has 3 aromatic rings. The topological polar surface area (TPSA) is 39.4 Å². The molecule has 0 fully saturated rings. The lowest BCUT2D eigenvalue weighted by Crippen LogP contribution is -2.16. The van der Waals surface area contributed by atoms with Crippen molar-refractivity contribution in [1.82, 2.24) is 14.6 Å². The quantitative estimate of drug-likeness (QED) is 0.669. The van der Waals surface area contributed by atoms with E-state index in [-0.39, 0.29) is 0 Å². The molecule has 0 aliphatic heterocycles. The lowest BCUT2D eigenvalue weighted by Gasteiger charge is -2.21. The van der Waals surface area contributed by atoms with E-state index in [1.54, 1.807) is 7.11 Å². The molecule has 5 heteroatoms. The Bertz CT molecular complexity index is 886. The molecule has 0 N–H and O–H groups in total. The summed E-state index contributed by atoms with van der Waals surface area (Å²) in [5, 5.41) is 4.86. The molecule has 1 aliphatic carbocycles. The van der Waals surface area contributed by atoms with Crippen molar-refractivity contribution < 1.29 is 4.74 Å². The molecule has 0 bridgehead atoms. The van der Waals surface area contributed by atoms with Gasteiger partial charge in [0.05, 0.1) is 17.9 Å². The Morgan fingerprint density at radius 2 is 2.08 bits per heavy atom. The van der Waals surface area contributed by atoms with Crippen molar-refractivity contribution in [2.45, 2.75) is 32.8 Å². The SMILES string of the molecule is COCc1nn2c3c(cnc2c1-c1ccc(Br)cc1)CC(C)CC3. The van der Waals surface area contributed by atoms with Crippen molar-refractivity contribution >= 4 is 21.6 Å². The van der Waals surface area contributed by atoms with Crippen LogP contribution in [0.25, 0.3) is 16.8 Å². The zero-order valence-corrected chi connectivity index (χ0v) is 15.5. The summed E-state index contributed by atoms with van der Waals surface area (Å²) in [5.41, 5.74) is 6.70. The Balaban J connectivity index is 1.94. The summed E-state index contributed by atoms with van der Waals surface area (Å²) >= 11 is 3.50. The second-order valence-electron chi connectivity index (χ2n) is 6.58. The van der Waals surface area contributed by atoms with Gasteiger partial charge in [0, 0.05) is 23.5 Å². The molecule has 2 aromatic heterocycles. The molecular weight excluding hydrogens is 366 g/mol. The number of aryl methyl sites for hydroxylation is 1. The molecule has 1 unspecified atom stereocenters. The standard InChI is InChI=1S/C19H20BrN3O/c1-12-3-8-17-14(9-12)10-21-19-18(13-4-6-15(20)7-5-13)16(11-24-2)22-23(17)19/h4-7,10,12H,3,8-9,11H2,1-2H3. The van der Waals surface area contributed by atoms with Crippen molar-refractivity contribution in [3.63, 3.8) is 0 Å². The Kier molecular flexibility index (Phi) is 4.14. The first kappa shape index (κ1) is 15.8. The number of ether oxygens (including phenoxy) is 1. The third-order valence-electron chi connectivity index (χ3n) is 4.76. The van der Waals surface area contributed by atoms with Crippen molar-refractivity contribution in [3.05, 3.63) is 51.9 Å². The van der Waals surface area contributed by atoms with Crippen LogP contribution in [0.1, 0.15) is 30.3 Å². The predicted octanol–water partition coefficient (Wildman–Crippen LogP) is 4.43. The summed E-state index contributed by atoms with van der Waals surface area (Å²) in [5.74, 6) is 0.719. The number of fused-ring (bicyclic) bond motifs is 3. The maximum atomic E-state index is 5.39. The molecule has 1 atom stereocenters. The normalized spacial score (nSPS) is 17.2. The number of benzene rings is 1. The third kappa shape index (κ3) is 2.66. The maximum absolute atomic E-state index is 5.39. The van der Waals surface area contributed by atoms with Gasteiger partial charge in [0.15, 0.2) is 5.65 Å². The zero-order chi connectivity index (χ0) is 16.7. The molecule has 24 heavy (non-hydrogen) atoms. The highest BCUT2D eigenvalue weighted by atomic mass is 79.9. The zero-order valence-electron chi connectivity index (χ0n) is 13.9. The summed E-state index contributed by atoms with van der Waals surface area (Å²) in [4.78, 5) is 4.76. The number of halogens is 1. The number of methoxy groups -OCH3 is 1. The van der Waals surface area contributed by atoms with Gasteiger partial charge in [-0.2, -0.15) is 5.10 Å². The maximum Gasteiger partial charge on any atom is 0.163 e. The first-order valence-corrected chi connectivity index (χ1v) is 9.10. The lowest BCUT2D eigenvalue weighted by molar-refractivity contribution is 0.181. The van der Waals surface area contributed by atoms with Crippen LogP contribution in [-0.2, 0) is 24.2 Å². The van der Waals surface area contributed by atoms with Crippen LogP contribution >= 0.6 is 15.9 Å². The van der Waals surface area contributed by atoms with Crippen LogP contribution in [0.3, 0.4) is 0 Å². The fourth-order valence-electron chi connectivity index (χ4n) is 3.56. The van der Waals surface area contributed by atoms with Gasteiger partial charge >= 0.3 is 0 Å². The average Bonchev–Trinajstić information content (AvgIpc) is 2.94. The molecule has 4 rings (SSSR count). The molecular formula is C19H20BrN3O. The van der Waals surface area contributed by atoms with Crippen molar-refractivity contribution in [2.75, 3.05) is 7.11 Å². The second kappa shape index (κ2) is 6.30. The number of rotatable bonds is 3. The monoisotopic (exact) mass is 385 g/mol. The lowest BCUT2D eigenvalue weighted by atomic mass is 9.89. The molecule has 0 saturated heterocycles. The summed E-state index contributed by atoms with van der Waals surface area (Å²) in [6.45, 7) is 2.79. The van der Waals surface area contributed by atoms with Crippen LogP contribution in [0, 0.1) is 5.92 Å². The highest BCUT2D eigenvalue weighted by Gasteiger charge is 2.23. The van der Waals surface area contributed by atoms with E-state index in [0.717, 1.165) is 45.7 Å². The fourth-order valence-corrected chi connectivity index (χ4v) is 3.82. The molecule has 124 valence electrons. The van der Waals surface area contributed by atoms with Crippen molar-refractivity contribution in [3.8, 4) is 11.1 Å². The molecule has 0 spiro atoms. The van der Waals surface area contributed by atoms with Crippen molar-refractivity contribution in [2.24, 2.45) is 5.92 Å². The van der Waals surface area contributed by atoms with Crippen LogP contribution in [0.2, 0.25) is 0 Å². The number of hydrogen-bond donors (Lipinski definition) is 0. The van der Waals surface area contributed by atoms with E-state index in [1.807, 2.05) is 10.7 Å². The summed E-state index contributed by atoms with van der Waals surface area (Å²) < 4.78 is 8.51. The van der Waals surface area contributed by atoms with Crippen LogP contribution in [-0.4, -0.2) is 21.7 Å². The van der Waals surface area contributed by atoms with Gasteiger partial charge in [-0.25, -0.2) is 9.50 Å². The highest BCUT2D eigenvalue weighted by molar-refractivity contribution is 9.10. The average molecular weight is 386 g/mol. The van der Waals surface area contributed by atoms with E-state index < -0.39 is 0 Å². The van der Waals surface area contributed by atoms with E-state index >= 15 is 0 Å². The first-order valence-electron chi connectivity index (χ1n) is 8.30. The van der Waals surface area contributed by atoms with E-state index in [9.17, 15) is 0 Å². The molecule has 1 aromatic carbocycles. The van der Waals surface area contributed by atoms with E-state index in [4.69, 9.17) is 14.8 Å². The molecule has 2 heterocycles. The van der Waals surface area contributed by atoms with Crippen LogP contribution < -0.4 is 0 Å². The van der Waals surface area contributed by atoms with Crippen LogP contribution in [0.15, 0.2) is 34.9 Å². The Labute approximate surface area is 150 Å². The predicted molar refractivity (Wildman–Crippen MR) is 98.0 cm³/mol. The van der Waals surface area contributed by atoms with E-state index in [1.165, 1.54) is 17.7 Å². The highest BCUT2D eigenvalue weighted by Crippen LogP contribution is 2.32. The molecule has 4 nitrogen and oxygen atoms in total. The number of hydrogen-bond acceptors (Lipinski definition) is 3. The minimum Gasteiger partial charge on any atom is -0.378 e. The summed E-state index contributed by atoms with van der Waals surface area (Å²) in [7, 11) is 1.71. The number of nitrogens with zero attached hydrogens (tertiary/aromatic N) is 3. The van der Waals surface area contributed by atoms with Gasteiger partial charge in [-0.3, -0.25) is 0 Å². The van der Waals surface area contributed by atoms with Crippen LogP contribution in [0.5, 0.6) is 0 Å². The van der Waals surface area contributed by atoms with E-state index in [2.05, 4.69) is 47.1 Å². The summed E-state index contributed by atoms with van der Waals surface area (Å²) in [6, 6.07) is 8.30. The van der Waals surface area contributed by atoms with Gasteiger partial charge in [0.1, 0.15) is 0 Å². The Morgan fingerprint density at radius 3 is 2.83 bits per heavy atom. The molecule has 0 saturated carbocycles. The minimum atomic E-state index is 0.486. The minimum absolute atomic E-state index is 0.486. The van der Waals surface area contributed by atoms with Gasteiger partial charge in [0.25, 0.3) is 0 Å². The largest absolute Gasteiger partial charge is 0.378 e. The molecule has 1 aliphatic rings. The second-order valence-corrected chi connectivity index (χ2v) is 7.49. The smallest absolute Gasteiger partial charge is 0.163 e. The van der Waals surface area contributed by atoms with Gasteiger partial charge in [0.2, 0.25) is 0 Å². The molecule has 0 radical (unpaired) electrons. The van der Waals surface area contributed by atoms with E-state index in [0.29, 0.717) is 6.61 Å². The van der Waals surface area contributed by atoms with Crippen LogP contribution in [0.4, 0.5) is 0 Å². The Morgan fingerprint density at radius 1 is 1.29 bits per heavy atom. The summed E-state index contributed by atoms with van der Waals surface area (Å²) in [6.07, 6.45) is 5.40. The molecule has 0 amide bonds. The fraction of sp³-hybridized carbons (Fsp3) is 0.368. The first-order chi connectivity index (χ1) is 11.7.